The number of amides is 3. The third kappa shape index (κ3) is 2.38. The highest BCUT2D eigenvalue weighted by Gasteiger charge is 2.34. The maximum Gasteiger partial charge on any atom is 0.261 e. The molecule has 22 heavy (non-hydrogen) atoms. The summed E-state index contributed by atoms with van der Waals surface area (Å²) in [6.45, 7) is 1.13. The molecule has 0 aliphatic carbocycles. The van der Waals surface area contributed by atoms with Gasteiger partial charge in [-0.25, -0.2) is 0 Å². The first-order valence-electron chi connectivity index (χ1n) is 7.02. The number of rotatable bonds is 2. The van der Waals surface area contributed by atoms with Crippen molar-refractivity contribution < 1.29 is 14.4 Å². The van der Waals surface area contributed by atoms with Crippen molar-refractivity contribution in [2.75, 3.05) is 20.1 Å². The summed E-state index contributed by atoms with van der Waals surface area (Å²) in [5.41, 5.74) is 6.78. The third-order valence-corrected chi connectivity index (χ3v) is 4.25. The van der Waals surface area contributed by atoms with E-state index in [0.29, 0.717) is 29.8 Å². The molecule has 3 rings (SSSR count). The van der Waals surface area contributed by atoms with E-state index >= 15 is 0 Å². The van der Waals surface area contributed by atoms with Gasteiger partial charge in [0.2, 0.25) is 0 Å². The summed E-state index contributed by atoms with van der Waals surface area (Å²) >= 11 is 0. The second-order valence-corrected chi connectivity index (χ2v) is 5.46. The number of hydrogen-bond donors (Lipinski definition) is 1. The van der Waals surface area contributed by atoms with E-state index in [1.54, 1.807) is 17.0 Å². The molecule has 1 unspecified atom stereocenters. The number of carbonyl (C=O) groups excluding carboxylic acids is 3. The SMILES string of the molecule is CN1C(=O)c2ccc(C(=O)N3CCCC3CN)cc2C1=O.Cl. The zero-order valence-corrected chi connectivity index (χ0v) is 13.1. The average Bonchev–Trinajstić information content (AvgIpc) is 3.06. The molecule has 0 saturated carbocycles. The summed E-state index contributed by atoms with van der Waals surface area (Å²) < 4.78 is 0. The number of nitrogens with zero attached hydrogens (tertiary/aromatic N) is 2. The molecule has 0 spiro atoms. The molecule has 2 heterocycles. The summed E-state index contributed by atoms with van der Waals surface area (Å²) in [4.78, 5) is 39.2. The molecule has 1 aromatic carbocycles. The van der Waals surface area contributed by atoms with Crippen LogP contribution in [0.3, 0.4) is 0 Å². The quantitative estimate of drug-likeness (QED) is 0.820. The van der Waals surface area contributed by atoms with Crippen molar-refractivity contribution in [3.63, 3.8) is 0 Å². The molecule has 1 saturated heterocycles. The van der Waals surface area contributed by atoms with Gasteiger partial charge in [0.05, 0.1) is 11.1 Å². The fourth-order valence-corrected chi connectivity index (χ4v) is 3.01. The van der Waals surface area contributed by atoms with Crippen LogP contribution in [0.2, 0.25) is 0 Å². The maximum atomic E-state index is 12.5. The van der Waals surface area contributed by atoms with Crippen LogP contribution in [-0.4, -0.2) is 53.7 Å². The van der Waals surface area contributed by atoms with E-state index in [1.807, 2.05) is 0 Å². The van der Waals surface area contributed by atoms with Crippen molar-refractivity contribution in [3.05, 3.63) is 34.9 Å². The van der Waals surface area contributed by atoms with Gasteiger partial charge in [-0.2, -0.15) is 0 Å². The number of imide groups is 1. The highest BCUT2D eigenvalue weighted by atomic mass is 35.5. The number of hydrogen-bond acceptors (Lipinski definition) is 4. The van der Waals surface area contributed by atoms with Crippen molar-refractivity contribution in [1.82, 2.24) is 9.80 Å². The first-order valence-corrected chi connectivity index (χ1v) is 7.02. The van der Waals surface area contributed by atoms with E-state index in [1.165, 1.54) is 13.1 Å². The van der Waals surface area contributed by atoms with Gasteiger partial charge in [-0.1, -0.05) is 0 Å². The van der Waals surface area contributed by atoms with Crippen LogP contribution in [0.1, 0.15) is 43.9 Å². The lowest BCUT2D eigenvalue weighted by atomic mass is 10.0. The Bertz CT molecular complexity index is 647. The van der Waals surface area contributed by atoms with Gasteiger partial charge in [-0.15, -0.1) is 12.4 Å². The molecule has 1 aromatic rings. The normalized spacial score (nSPS) is 20.2. The lowest BCUT2D eigenvalue weighted by molar-refractivity contribution is 0.0692. The first kappa shape index (κ1) is 16.5. The van der Waals surface area contributed by atoms with Gasteiger partial charge in [-0.3, -0.25) is 19.3 Å². The Balaban J connectivity index is 0.00000176. The standard InChI is InChI=1S/C15H17N3O3.ClH/c1-17-14(20)11-5-4-9(7-12(11)15(17)21)13(19)18-6-2-3-10(18)8-16;/h4-5,7,10H,2-3,6,8,16H2,1H3;1H. The van der Waals surface area contributed by atoms with Gasteiger partial charge < -0.3 is 10.6 Å². The van der Waals surface area contributed by atoms with Crippen molar-refractivity contribution >= 4 is 30.1 Å². The maximum absolute atomic E-state index is 12.5. The zero-order chi connectivity index (χ0) is 15.1. The smallest absolute Gasteiger partial charge is 0.261 e. The second kappa shape index (κ2) is 6.06. The fraction of sp³-hybridized carbons (Fsp3) is 0.400. The topological polar surface area (TPSA) is 83.7 Å². The summed E-state index contributed by atoms with van der Waals surface area (Å²) in [5.74, 6) is -0.808. The molecule has 6 nitrogen and oxygen atoms in total. The summed E-state index contributed by atoms with van der Waals surface area (Å²) in [6.07, 6.45) is 1.85. The lowest BCUT2D eigenvalue weighted by Crippen LogP contribution is -2.39. The molecule has 7 heteroatoms. The van der Waals surface area contributed by atoms with Gasteiger partial charge in [-0.05, 0) is 31.0 Å². The van der Waals surface area contributed by atoms with Crippen LogP contribution in [0.5, 0.6) is 0 Å². The molecule has 118 valence electrons. The minimum absolute atomic E-state index is 0. The Kier molecular flexibility index (Phi) is 4.53. The molecule has 2 aliphatic rings. The number of carbonyl (C=O) groups is 3. The van der Waals surface area contributed by atoms with Crippen LogP contribution in [0, 0.1) is 0 Å². The Hall–Kier alpha value is -1.92. The van der Waals surface area contributed by atoms with E-state index in [0.717, 1.165) is 17.7 Å². The van der Waals surface area contributed by atoms with E-state index in [4.69, 9.17) is 5.73 Å². The Morgan fingerprint density at radius 3 is 2.64 bits per heavy atom. The molecule has 0 bridgehead atoms. The van der Waals surface area contributed by atoms with Crippen LogP contribution in [0.4, 0.5) is 0 Å². The molecule has 0 aromatic heterocycles. The number of halogens is 1. The highest BCUT2D eigenvalue weighted by molar-refractivity contribution is 6.21. The van der Waals surface area contributed by atoms with Crippen molar-refractivity contribution in [3.8, 4) is 0 Å². The van der Waals surface area contributed by atoms with Crippen LogP contribution in [-0.2, 0) is 0 Å². The summed E-state index contributed by atoms with van der Waals surface area (Å²) in [7, 11) is 1.44. The van der Waals surface area contributed by atoms with E-state index in [2.05, 4.69) is 0 Å². The van der Waals surface area contributed by atoms with Crippen LogP contribution < -0.4 is 5.73 Å². The molecule has 3 amide bonds. The number of benzene rings is 1. The molecular formula is C15H18ClN3O3. The van der Waals surface area contributed by atoms with Crippen molar-refractivity contribution in [1.29, 1.82) is 0 Å². The molecule has 1 atom stereocenters. The van der Waals surface area contributed by atoms with Crippen molar-refractivity contribution in [2.45, 2.75) is 18.9 Å². The predicted molar refractivity (Wildman–Crippen MR) is 83.2 cm³/mol. The Morgan fingerprint density at radius 2 is 1.95 bits per heavy atom. The van der Waals surface area contributed by atoms with E-state index in [-0.39, 0.29) is 36.2 Å². The molecule has 0 radical (unpaired) electrons. The second-order valence-electron chi connectivity index (χ2n) is 5.46. The number of fused-ring (bicyclic) bond motifs is 1. The van der Waals surface area contributed by atoms with E-state index in [9.17, 15) is 14.4 Å². The number of nitrogens with two attached hydrogens (primary N) is 1. The molecule has 2 aliphatic heterocycles. The van der Waals surface area contributed by atoms with Crippen LogP contribution in [0.25, 0.3) is 0 Å². The number of likely N-dealkylation sites (tertiary alicyclic amines) is 1. The third-order valence-electron chi connectivity index (χ3n) is 4.25. The van der Waals surface area contributed by atoms with Crippen molar-refractivity contribution in [2.24, 2.45) is 5.73 Å². The minimum atomic E-state index is -0.360. The van der Waals surface area contributed by atoms with Crippen LogP contribution >= 0.6 is 12.4 Å². The minimum Gasteiger partial charge on any atom is -0.334 e. The van der Waals surface area contributed by atoms with Crippen LogP contribution in [0.15, 0.2) is 18.2 Å². The molecular weight excluding hydrogens is 306 g/mol. The molecule has 1 fully saturated rings. The first-order chi connectivity index (χ1) is 10.0. The largest absolute Gasteiger partial charge is 0.334 e. The summed E-state index contributed by atoms with van der Waals surface area (Å²) in [6, 6.07) is 4.75. The lowest BCUT2D eigenvalue weighted by Gasteiger charge is -2.23. The zero-order valence-electron chi connectivity index (χ0n) is 12.2. The summed E-state index contributed by atoms with van der Waals surface area (Å²) in [5, 5.41) is 0. The van der Waals surface area contributed by atoms with Gasteiger partial charge in [0.25, 0.3) is 17.7 Å². The van der Waals surface area contributed by atoms with Gasteiger partial charge in [0, 0.05) is 31.7 Å². The predicted octanol–water partition coefficient (Wildman–Crippen LogP) is 0.897. The highest BCUT2D eigenvalue weighted by Crippen LogP contribution is 2.25. The Morgan fingerprint density at radius 1 is 1.27 bits per heavy atom. The monoisotopic (exact) mass is 323 g/mol. The molecule has 2 N–H and O–H groups in total. The van der Waals surface area contributed by atoms with E-state index < -0.39 is 0 Å². The van der Waals surface area contributed by atoms with Gasteiger partial charge in [0.1, 0.15) is 0 Å². The van der Waals surface area contributed by atoms with Gasteiger partial charge in [0.15, 0.2) is 0 Å². The van der Waals surface area contributed by atoms with Gasteiger partial charge >= 0.3 is 0 Å². The Labute approximate surface area is 134 Å². The average molecular weight is 324 g/mol. The fourth-order valence-electron chi connectivity index (χ4n) is 3.01.